The van der Waals surface area contributed by atoms with E-state index < -0.39 is 0 Å². The number of aromatic nitrogens is 1. The number of methoxy groups -OCH3 is 1. The first-order chi connectivity index (χ1) is 9.24. The lowest BCUT2D eigenvalue weighted by molar-refractivity contribution is 0.415. The molecule has 4 heteroatoms. The van der Waals surface area contributed by atoms with Crippen LogP contribution in [0.25, 0.3) is 0 Å². The molecule has 0 aliphatic rings. The molecule has 1 aromatic carbocycles. The summed E-state index contributed by atoms with van der Waals surface area (Å²) < 4.78 is 5.25. The zero-order chi connectivity index (χ0) is 13.7. The van der Waals surface area contributed by atoms with Crippen LogP contribution in [0.5, 0.6) is 5.75 Å². The fourth-order valence-electron chi connectivity index (χ4n) is 1.87. The Kier molecular flexibility index (Phi) is 4.23. The molecule has 1 heterocycles. The quantitative estimate of drug-likeness (QED) is 0.892. The molecule has 0 amide bonds. The van der Waals surface area contributed by atoms with Crippen molar-refractivity contribution in [1.29, 1.82) is 0 Å². The molecule has 1 N–H and O–H groups in total. The molecule has 2 aromatic rings. The molecule has 0 spiro atoms. The number of anilines is 3. The Morgan fingerprint density at radius 2 is 2.00 bits per heavy atom. The van der Waals surface area contributed by atoms with Gasteiger partial charge in [-0.15, -0.1) is 0 Å². The van der Waals surface area contributed by atoms with Crippen molar-refractivity contribution in [3.63, 3.8) is 0 Å². The summed E-state index contributed by atoms with van der Waals surface area (Å²) in [5.41, 5.74) is 2.16. The Balaban J connectivity index is 2.27. The predicted molar refractivity (Wildman–Crippen MR) is 79.5 cm³/mol. The maximum atomic E-state index is 5.25. The smallest absolute Gasteiger partial charge is 0.127 e. The normalized spacial score (nSPS) is 10.1. The first-order valence-corrected chi connectivity index (χ1v) is 6.32. The van der Waals surface area contributed by atoms with Crippen LogP contribution >= 0.6 is 0 Å². The van der Waals surface area contributed by atoms with Gasteiger partial charge in [0.2, 0.25) is 0 Å². The van der Waals surface area contributed by atoms with Gasteiger partial charge in [0.15, 0.2) is 0 Å². The lowest BCUT2D eigenvalue weighted by Gasteiger charge is -2.20. The number of ether oxygens (including phenoxy) is 1. The summed E-state index contributed by atoms with van der Waals surface area (Å²) >= 11 is 0. The predicted octanol–water partition coefficient (Wildman–Crippen LogP) is 3.29. The topological polar surface area (TPSA) is 37.4 Å². The maximum Gasteiger partial charge on any atom is 0.127 e. The summed E-state index contributed by atoms with van der Waals surface area (Å²) in [6.45, 7) is 2.92. The first kappa shape index (κ1) is 13.2. The van der Waals surface area contributed by atoms with E-state index in [2.05, 4.69) is 28.2 Å². The summed E-state index contributed by atoms with van der Waals surface area (Å²) in [5.74, 6) is 1.74. The SMILES string of the molecule is CCNc1cc(N(C)c2cccc(OC)c2)ccn1. The lowest BCUT2D eigenvalue weighted by Crippen LogP contribution is -2.10. The van der Waals surface area contributed by atoms with Gasteiger partial charge in [-0.05, 0) is 25.1 Å². The molecule has 100 valence electrons. The van der Waals surface area contributed by atoms with E-state index in [1.54, 1.807) is 7.11 Å². The summed E-state index contributed by atoms with van der Waals surface area (Å²) in [6.07, 6.45) is 1.81. The van der Waals surface area contributed by atoms with E-state index in [-0.39, 0.29) is 0 Å². The highest BCUT2D eigenvalue weighted by Gasteiger charge is 2.06. The van der Waals surface area contributed by atoms with Gasteiger partial charge in [0.05, 0.1) is 7.11 Å². The van der Waals surface area contributed by atoms with E-state index >= 15 is 0 Å². The van der Waals surface area contributed by atoms with Gasteiger partial charge < -0.3 is 15.0 Å². The number of benzene rings is 1. The van der Waals surface area contributed by atoms with E-state index in [0.29, 0.717) is 0 Å². The Hall–Kier alpha value is -2.23. The van der Waals surface area contributed by atoms with Crippen molar-refractivity contribution in [2.24, 2.45) is 0 Å². The third-order valence-electron chi connectivity index (χ3n) is 2.93. The minimum absolute atomic E-state index is 0.852. The van der Waals surface area contributed by atoms with Crippen LogP contribution in [-0.2, 0) is 0 Å². The fourth-order valence-corrected chi connectivity index (χ4v) is 1.87. The summed E-state index contributed by atoms with van der Waals surface area (Å²) in [5, 5.41) is 3.21. The molecule has 0 atom stereocenters. The molecule has 0 unspecified atom stereocenters. The van der Waals surface area contributed by atoms with E-state index in [1.807, 2.05) is 43.6 Å². The van der Waals surface area contributed by atoms with E-state index in [4.69, 9.17) is 4.74 Å². The van der Waals surface area contributed by atoms with Gasteiger partial charge in [-0.1, -0.05) is 6.07 Å². The molecule has 0 aliphatic carbocycles. The Morgan fingerprint density at radius 1 is 1.21 bits per heavy atom. The molecule has 0 fully saturated rings. The standard InChI is InChI=1S/C15H19N3O/c1-4-16-15-11-13(8-9-17-15)18(2)12-6-5-7-14(10-12)19-3/h5-11H,4H2,1-3H3,(H,16,17). The molecule has 4 nitrogen and oxygen atoms in total. The minimum atomic E-state index is 0.852. The number of hydrogen-bond donors (Lipinski definition) is 1. The first-order valence-electron chi connectivity index (χ1n) is 6.32. The van der Waals surface area contributed by atoms with Crippen molar-refractivity contribution in [2.45, 2.75) is 6.92 Å². The van der Waals surface area contributed by atoms with Gasteiger partial charge in [0.1, 0.15) is 11.6 Å². The van der Waals surface area contributed by atoms with Crippen LogP contribution in [0.15, 0.2) is 42.6 Å². The van der Waals surface area contributed by atoms with Gasteiger partial charge in [-0.25, -0.2) is 4.98 Å². The second-order valence-electron chi connectivity index (χ2n) is 4.19. The molecule has 0 radical (unpaired) electrons. The summed E-state index contributed by atoms with van der Waals surface area (Å²) in [4.78, 5) is 6.38. The maximum absolute atomic E-state index is 5.25. The highest BCUT2D eigenvalue weighted by Crippen LogP contribution is 2.27. The van der Waals surface area contributed by atoms with Crippen LogP contribution in [0.3, 0.4) is 0 Å². The molecule has 19 heavy (non-hydrogen) atoms. The van der Waals surface area contributed by atoms with Crippen molar-refractivity contribution in [2.75, 3.05) is 30.9 Å². The molecular formula is C15H19N3O. The molecule has 1 aromatic heterocycles. The van der Waals surface area contributed by atoms with Gasteiger partial charge in [-0.2, -0.15) is 0 Å². The number of hydrogen-bond acceptors (Lipinski definition) is 4. The van der Waals surface area contributed by atoms with Gasteiger partial charge in [-0.3, -0.25) is 0 Å². The number of nitrogens with one attached hydrogen (secondary N) is 1. The Bertz CT molecular complexity index is 542. The monoisotopic (exact) mass is 257 g/mol. The molecule has 0 aliphatic heterocycles. The van der Waals surface area contributed by atoms with Crippen LogP contribution in [0.2, 0.25) is 0 Å². The van der Waals surface area contributed by atoms with Gasteiger partial charge in [0, 0.05) is 43.3 Å². The Labute approximate surface area is 114 Å². The van der Waals surface area contributed by atoms with E-state index in [0.717, 1.165) is 29.5 Å². The van der Waals surface area contributed by atoms with Crippen molar-refractivity contribution in [3.05, 3.63) is 42.6 Å². The molecule has 0 saturated carbocycles. The van der Waals surface area contributed by atoms with E-state index in [1.165, 1.54) is 0 Å². The second-order valence-corrected chi connectivity index (χ2v) is 4.19. The lowest BCUT2D eigenvalue weighted by atomic mass is 10.2. The number of pyridine rings is 1. The van der Waals surface area contributed by atoms with Crippen LogP contribution in [0.1, 0.15) is 6.92 Å². The average molecular weight is 257 g/mol. The van der Waals surface area contributed by atoms with Gasteiger partial charge in [0.25, 0.3) is 0 Å². The van der Waals surface area contributed by atoms with Crippen LogP contribution in [0.4, 0.5) is 17.2 Å². The van der Waals surface area contributed by atoms with Crippen molar-refractivity contribution < 1.29 is 4.74 Å². The molecule has 2 rings (SSSR count). The third kappa shape index (κ3) is 3.16. The highest BCUT2D eigenvalue weighted by molar-refractivity contribution is 5.65. The number of rotatable bonds is 5. The van der Waals surface area contributed by atoms with Crippen molar-refractivity contribution in [3.8, 4) is 5.75 Å². The van der Waals surface area contributed by atoms with E-state index in [9.17, 15) is 0 Å². The summed E-state index contributed by atoms with van der Waals surface area (Å²) in [7, 11) is 3.70. The molecular weight excluding hydrogens is 238 g/mol. The van der Waals surface area contributed by atoms with Crippen molar-refractivity contribution >= 4 is 17.2 Å². The van der Waals surface area contributed by atoms with Crippen LogP contribution < -0.4 is 15.0 Å². The molecule has 0 bridgehead atoms. The second kappa shape index (κ2) is 6.09. The minimum Gasteiger partial charge on any atom is -0.497 e. The average Bonchev–Trinajstić information content (AvgIpc) is 2.47. The molecule has 0 saturated heterocycles. The van der Waals surface area contributed by atoms with Crippen LogP contribution in [0, 0.1) is 0 Å². The summed E-state index contributed by atoms with van der Waals surface area (Å²) in [6, 6.07) is 12.0. The van der Waals surface area contributed by atoms with Gasteiger partial charge >= 0.3 is 0 Å². The zero-order valence-corrected chi connectivity index (χ0v) is 11.6. The largest absolute Gasteiger partial charge is 0.497 e. The third-order valence-corrected chi connectivity index (χ3v) is 2.93. The number of nitrogens with zero attached hydrogens (tertiary/aromatic N) is 2. The Morgan fingerprint density at radius 3 is 2.74 bits per heavy atom. The highest BCUT2D eigenvalue weighted by atomic mass is 16.5. The zero-order valence-electron chi connectivity index (χ0n) is 11.6. The fraction of sp³-hybridized carbons (Fsp3) is 0.267. The van der Waals surface area contributed by atoms with Crippen LogP contribution in [-0.4, -0.2) is 25.7 Å². The van der Waals surface area contributed by atoms with Crippen molar-refractivity contribution in [1.82, 2.24) is 4.98 Å².